The van der Waals surface area contributed by atoms with E-state index in [1.54, 1.807) is 0 Å². The second-order valence-electron chi connectivity index (χ2n) is 9.08. The van der Waals surface area contributed by atoms with Gasteiger partial charge in [0.2, 0.25) is 0 Å². The fourth-order valence-electron chi connectivity index (χ4n) is 5.87. The molecule has 0 amide bonds. The Labute approximate surface area is 149 Å². The van der Waals surface area contributed by atoms with E-state index < -0.39 is 0 Å². The Morgan fingerprint density at radius 1 is 0.792 bits per heavy atom. The van der Waals surface area contributed by atoms with Crippen molar-refractivity contribution >= 4 is 0 Å². The van der Waals surface area contributed by atoms with Gasteiger partial charge in [0.05, 0.1) is 0 Å². The third-order valence-corrected chi connectivity index (χ3v) is 7.53. The maximum atomic E-state index is 2.83. The molecule has 0 aromatic rings. The van der Waals surface area contributed by atoms with E-state index in [0.29, 0.717) is 0 Å². The normalized spacial score (nSPS) is 38.0. The number of likely N-dealkylation sites (tertiary alicyclic amines) is 2. The second-order valence-corrected chi connectivity index (χ2v) is 9.08. The van der Waals surface area contributed by atoms with Crippen LogP contribution in [0.3, 0.4) is 0 Å². The van der Waals surface area contributed by atoms with Gasteiger partial charge < -0.3 is 14.7 Å². The van der Waals surface area contributed by atoms with Crippen molar-refractivity contribution in [2.45, 2.75) is 38.6 Å². The molecular weight excluding hydrogens is 296 g/mol. The minimum absolute atomic E-state index is 0.907. The highest BCUT2D eigenvalue weighted by atomic mass is 15.3. The monoisotopic (exact) mass is 334 g/mol. The highest BCUT2D eigenvalue weighted by molar-refractivity contribution is 4.97. The summed E-state index contributed by atoms with van der Waals surface area (Å²) >= 11 is 0. The first-order chi connectivity index (χ1) is 11.7. The molecular formula is C20H38N4. The maximum Gasteiger partial charge on any atom is 0.0113 e. The van der Waals surface area contributed by atoms with E-state index in [2.05, 4.69) is 33.6 Å². The van der Waals surface area contributed by atoms with Crippen LogP contribution in [0.5, 0.6) is 0 Å². The van der Waals surface area contributed by atoms with Crippen molar-refractivity contribution in [2.24, 2.45) is 17.8 Å². The van der Waals surface area contributed by atoms with Crippen molar-refractivity contribution < 1.29 is 0 Å². The molecule has 4 nitrogen and oxygen atoms in total. The first kappa shape index (κ1) is 17.3. The zero-order chi connectivity index (χ0) is 16.5. The van der Waals surface area contributed by atoms with Gasteiger partial charge in [0, 0.05) is 51.9 Å². The molecule has 2 atom stereocenters. The van der Waals surface area contributed by atoms with Gasteiger partial charge in [-0.1, -0.05) is 6.92 Å². The van der Waals surface area contributed by atoms with Gasteiger partial charge in [-0.2, -0.15) is 0 Å². The summed E-state index contributed by atoms with van der Waals surface area (Å²) in [6.07, 6.45) is 5.82. The van der Waals surface area contributed by atoms with Gasteiger partial charge in [0.25, 0.3) is 0 Å². The average Bonchev–Trinajstić information content (AvgIpc) is 3.15. The number of nitrogens with zero attached hydrogens (tertiary/aromatic N) is 4. The van der Waals surface area contributed by atoms with E-state index in [0.717, 1.165) is 23.8 Å². The van der Waals surface area contributed by atoms with E-state index in [4.69, 9.17) is 0 Å². The molecule has 0 radical (unpaired) electrons. The highest BCUT2D eigenvalue weighted by Gasteiger charge is 2.43. The zero-order valence-corrected chi connectivity index (χ0v) is 16.0. The van der Waals surface area contributed by atoms with Gasteiger partial charge in [0.15, 0.2) is 0 Å². The Kier molecular flexibility index (Phi) is 5.47. The SMILES string of the molecule is CCN1CCN(C2CC3CN(CC4CCN(C)CC4)CC3C2)CC1. The van der Waals surface area contributed by atoms with Crippen molar-refractivity contribution in [1.82, 2.24) is 19.6 Å². The Hall–Kier alpha value is -0.160. The molecule has 0 N–H and O–H groups in total. The first-order valence-electron chi connectivity index (χ1n) is 10.6. The molecule has 4 heteroatoms. The summed E-state index contributed by atoms with van der Waals surface area (Å²) in [5.74, 6) is 2.98. The van der Waals surface area contributed by atoms with Crippen molar-refractivity contribution in [3.63, 3.8) is 0 Å². The van der Waals surface area contributed by atoms with Crippen LogP contribution in [0.25, 0.3) is 0 Å². The lowest BCUT2D eigenvalue weighted by atomic mass is 9.96. The van der Waals surface area contributed by atoms with Gasteiger partial charge in [-0.25, -0.2) is 0 Å². The molecule has 24 heavy (non-hydrogen) atoms. The summed E-state index contributed by atoms with van der Waals surface area (Å²) in [6, 6.07) is 0.907. The van der Waals surface area contributed by atoms with E-state index in [9.17, 15) is 0 Å². The predicted molar refractivity (Wildman–Crippen MR) is 100 cm³/mol. The lowest BCUT2D eigenvalue weighted by molar-refractivity contribution is 0.0941. The van der Waals surface area contributed by atoms with Gasteiger partial charge in [0.1, 0.15) is 0 Å². The van der Waals surface area contributed by atoms with E-state index >= 15 is 0 Å². The number of piperidine rings is 1. The van der Waals surface area contributed by atoms with Crippen molar-refractivity contribution in [3.8, 4) is 0 Å². The molecule has 0 bridgehead atoms. The quantitative estimate of drug-likeness (QED) is 0.775. The third kappa shape index (κ3) is 3.82. The Morgan fingerprint density at radius 3 is 2.00 bits per heavy atom. The number of hydrogen-bond donors (Lipinski definition) is 0. The van der Waals surface area contributed by atoms with Gasteiger partial charge >= 0.3 is 0 Å². The lowest BCUT2D eigenvalue weighted by Gasteiger charge is -2.38. The van der Waals surface area contributed by atoms with Crippen molar-refractivity contribution in [2.75, 3.05) is 72.5 Å². The minimum Gasteiger partial charge on any atom is -0.306 e. The largest absolute Gasteiger partial charge is 0.306 e. The van der Waals surface area contributed by atoms with E-state index in [-0.39, 0.29) is 0 Å². The number of likely N-dealkylation sites (N-methyl/N-ethyl adjacent to an activating group) is 1. The van der Waals surface area contributed by atoms with Gasteiger partial charge in [-0.15, -0.1) is 0 Å². The zero-order valence-electron chi connectivity index (χ0n) is 16.0. The molecule has 0 spiro atoms. The van der Waals surface area contributed by atoms with Crippen LogP contribution in [0.2, 0.25) is 0 Å². The fraction of sp³-hybridized carbons (Fsp3) is 1.00. The second kappa shape index (κ2) is 7.61. The fourth-order valence-corrected chi connectivity index (χ4v) is 5.87. The van der Waals surface area contributed by atoms with Crippen LogP contribution < -0.4 is 0 Å². The van der Waals surface area contributed by atoms with E-state index in [1.807, 2.05) is 0 Å². The number of fused-ring (bicyclic) bond motifs is 1. The molecule has 3 aliphatic heterocycles. The topological polar surface area (TPSA) is 13.0 Å². The Balaban J connectivity index is 1.21. The summed E-state index contributed by atoms with van der Waals surface area (Å²) in [7, 11) is 2.27. The molecule has 0 aromatic heterocycles. The molecule has 1 saturated carbocycles. The van der Waals surface area contributed by atoms with Crippen molar-refractivity contribution in [3.05, 3.63) is 0 Å². The van der Waals surface area contributed by atoms with Gasteiger partial charge in [-0.05, 0) is 70.1 Å². The van der Waals surface area contributed by atoms with E-state index in [1.165, 1.54) is 91.1 Å². The number of piperazine rings is 1. The minimum atomic E-state index is 0.907. The third-order valence-electron chi connectivity index (χ3n) is 7.53. The molecule has 0 aromatic carbocycles. The van der Waals surface area contributed by atoms with Crippen LogP contribution in [0, 0.1) is 17.8 Å². The first-order valence-corrected chi connectivity index (χ1v) is 10.6. The Bertz CT molecular complexity index is 384. The van der Waals surface area contributed by atoms with Crippen LogP contribution in [0.15, 0.2) is 0 Å². The van der Waals surface area contributed by atoms with Crippen LogP contribution in [-0.4, -0.2) is 98.1 Å². The van der Waals surface area contributed by atoms with Crippen molar-refractivity contribution in [1.29, 1.82) is 0 Å². The lowest BCUT2D eigenvalue weighted by Crippen LogP contribution is -2.49. The smallest absolute Gasteiger partial charge is 0.0113 e. The number of rotatable bonds is 4. The number of hydrogen-bond acceptors (Lipinski definition) is 4. The molecule has 4 fully saturated rings. The summed E-state index contributed by atoms with van der Waals surface area (Å²) < 4.78 is 0. The molecule has 138 valence electrons. The van der Waals surface area contributed by atoms with Gasteiger partial charge in [-0.3, -0.25) is 4.90 Å². The molecule has 2 unspecified atom stereocenters. The summed E-state index contributed by atoms with van der Waals surface area (Å²) in [4.78, 5) is 10.8. The Morgan fingerprint density at radius 2 is 1.42 bits per heavy atom. The average molecular weight is 335 g/mol. The standard InChI is InChI=1S/C20H38N4/c1-3-22-8-10-24(11-9-22)20-12-18-15-23(16-19(18)13-20)14-17-4-6-21(2)7-5-17/h17-20H,3-16H2,1-2H3. The molecule has 3 saturated heterocycles. The van der Waals surface area contributed by atoms with Crippen LogP contribution >= 0.6 is 0 Å². The molecule has 1 aliphatic carbocycles. The summed E-state index contributed by atoms with van der Waals surface area (Å²) in [5, 5.41) is 0. The highest BCUT2D eigenvalue weighted by Crippen LogP contribution is 2.40. The molecule has 4 rings (SSSR count). The maximum absolute atomic E-state index is 2.83. The molecule has 3 heterocycles. The van der Waals surface area contributed by atoms with Crippen LogP contribution in [0.4, 0.5) is 0 Å². The van der Waals surface area contributed by atoms with Crippen LogP contribution in [0.1, 0.15) is 32.6 Å². The molecule has 4 aliphatic rings. The summed E-state index contributed by atoms with van der Waals surface area (Å²) in [5.41, 5.74) is 0. The predicted octanol–water partition coefficient (Wildman–Crippen LogP) is 1.68. The van der Waals surface area contributed by atoms with Crippen LogP contribution in [-0.2, 0) is 0 Å². The summed E-state index contributed by atoms with van der Waals surface area (Å²) in [6.45, 7) is 15.6.